The summed E-state index contributed by atoms with van der Waals surface area (Å²) in [6.45, 7) is 3.54. The molecule has 0 amide bonds. The molecule has 92 valence electrons. The van der Waals surface area contributed by atoms with Crippen molar-refractivity contribution in [2.24, 2.45) is 0 Å². The van der Waals surface area contributed by atoms with Crippen LogP contribution in [0.1, 0.15) is 25.7 Å². The summed E-state index contributed by atoms with van der Waals surface area (Å²) in [6, 6.07) is 0. The fourth-order valence-corrected chi connectivity index (χ4v) is 5.70. The van der Waals surface area contributed by atoms with E-state index in [1.165, 1.54) is 0 Å². The van der Waals surface area contributed by atoms with E-state index in [1.807, 2.05) is 0 Å². The van der Waals surface area contributed by atoms with Crippen LogP contribution in [0.5, 0.6) is 0 Å². The molecule has 2 aliphatic rings. The molecule has 0 saturated heterocycles. The highest BCUT2D eigenvalue weighted by Gasteiger charge is 2.72. The topological polar surface area (TPSA) is 88.4 Å². The molecule has 0 spiro atoms. The van der Waals surface area contributed by atoms with E-state index in [4.69, 9.17) is 15.8 Å². The van der Waals surface area contributed by atoms with Crippen molar-refractivity contribution in [2.75, 3.05) is 6.16 Å². The summed E-state index contributed by atoms with van der Waals surface area (Å²) in [6.07, 6.45) is 3.33. The summed E-state index contributed by atoms with van der Waals surface area (Å²) in [5, 5.41) is 25.2. The monoisotopic (exact) mass is 251 g/mol. The Bertz CT molecular complexity index is 266. The molecule has 16 heavy (non-hydrogen) atoms. The molecule has 3 N–H and O–H groups in total. The largest absolute Gasteiger partial charge is 0.341 e. The van der Waals surface area contributed by atoms with Crippen LogP contribution in [0.3, 0.4) is 0 Å². The van der Waals surface area contributed by atoms with E-state index in [-0.39, 0.29) is 5.76 Å². The molecule has 0 bridgehead atoms. The van der Waals surface area contributed by atoms with Gasteiger partial charge in [0.1, 0.15) is 6.16 Å². The molecule has 0 atom stereocenters. The molecule has 0 unspecified atom stereocenters. The fraction of sp³-hybridized carbons (Fsp3) is 0.778. The molecule has 0 aromatic carbocycles. The summed E-state index contributed by atoms with van der Waals surface area (Å²) in [7, 11) is -1.42. The van der Waals surface area contributed by atoms with Crippen molar-refractivity contribution in [2.45, 2.75) is 36.4 Å². The second kappa shape index (κ2) is 4.22. The Morgan fingerprint density at radius 3 is 1.75 bits per heavy atom. The van der Waals surface area contributed by atoms with Gasteiger partial charge < -0.3 is 4.89 Å². The van der Waals surface area contributed by atoms with Crippen LogP contribution in [-0.4, -0.2) is 32.6 Å². The zero-order valence-corrected chi connectivity index (χ0v) is 9.81. The zero-order chi connectivity index (χ0) is 11.8. The highest BCUT2D eigenvalue weighted by Crippen LogP contribution is 2.77. The quantitative estimate of drug-likeness (QED) is 0.278. The number of allylic oxidation sites excluding steroid dienone is 1. The maximum Gasteiger partial charge on any atom is 0.209 e. The summed E-state index contributed by atoms with van der Waals surface area (Å²) >= 11 is 0. The van der Waals surface area contributed by atoms with Crippen molar-refractivity contribution in [1.82, 2.24) is 0 Å². The Kier molecular flexibility index (Phi) is 3.22. The van der Waals surface area contributed by atoms with Crippen LogP contribution in [0.25, 0.3) is 0 Å². The predicted octanol–water partition coefficient (Wildman–Crippen LogP) is 2.16. The summed E-state index contributed by atoms with van der Waals surface area (Å²) in [5.74, 6) is 0.209. The van der Waals surface area contributed by atoms with Crippen molar-refractivity contribution >= 4 is 7.92 Å². The van der Waals surface area contributed by atoms with E-state index in [9.17, 15) is 0 Å². The third-order valence-corrected chi connectivity index (χ3v) is 7.49. The van der Waals surface area contributed by atoms with Crippen LogP contribution in [0.15, 0.2) is 12.3 Å². The van der Waals surface area contributed by atoms with Crippen LogP contribution in [0.2, 0.25) is 0 Å². The van der Waals surface area contributed by atoms with Crippen molar-refractivity contribution < 1.29 is 30.4 Å². The van der Waals surface area contributed by atoms with E-state index in [0.29, 0.717) is 6.16 Å². The minimum Gasteiger partial charge on any atom is -0.341 e. The van der Waals surface area contributed by atoms with Gasteiger partial charge in [0.05, 0.1) is 7.92 Å². The lowest BCUT2D eigenvalue weighted by Crippen LogP contribution is -2.24. The van der Waals surface area contributed by atoms with Crippen LogP contribution in [-0.2, 0) is 14.7 Å². The first-order valence-electron chi connectivity index (χ1n) is 5.13. The number of hydrogen-bond donors (Lipinski definition) is 3. The van der Waals surface area contributed by atoms with Gasteiger partial charge in [0.2, 0.25) is 10.7 Å². The van der Waals surface area contributed by atoms with Crippen LogP contribution in [0, 0.1) is 0 Å². The molecule has 7 heteroatoms. The van der Waals surface area contributed by atoms with Gasteiger partial charge in [0.25, 0.3) is 0 Å². The first-order chi connectivity index (χ1) is 7.62. The molecule has 0 aliphatic heterocycles. The molecule has 6 nitrogen and oxygen atoms in total. The Morgan fingerprint density at radius 1 is 1.06 bits per heavy atom. The molecular formula is C9H16O6P+. The predicted molar refractivity (Wildman–Crippen MR) is 57.4 cm³/mol. The molecule has 2 fully saturated rings. The minimum absolute atomic E-state index is 0.209. The van der Waals surface area contributed by atoms with E-state index in [1.54, 1.807) is 0 Å². The van der Waals surface area contributed by atoms with Crippen molar-refractivity contribution in [3.63, 3.8) is 0 Å². The van der Waals surface area contributed by atoms with Crippen LogP contribution in [0.4, 0.5) is 0 Å². The van der Waals surface area contributed by atoms with Gasteiger partial charge in [-0.3, -0.25) is 0 Å². The van der Waals surface area contributed by atoms with Gasteiger partial charge in [-0.15, -0.1) is 0 Å². The normalized spacial score (nSPS) is 24.2. The van der Waals surface area contributed by atoms with Crippen molar-refractivity contribution in [1.29, 1.82) is 0 Å². The molecule has 0 heterocycles. The molecule has 2 aliphatic carbocycles. The lowest BCUT2D eigenvalue weighted by Gasteiger charge is -2.23. The van der Waals surface area contributed by atoms with Crippen molar-refractivity contribution in [3.8, 4) is 0 Å². The summed E-state index contributed by atoms with van der Waals surface area (Å²) < 4.78 is 0. The molecule has 2 rings (SSSR count). The SMILES string of the molecule is C=C(C[PH+](C1(OO)CC1)C1(OO)CC1)OO. The third-order valence-electron chi connectivity index (χ3n) is 3.36. The van der Waals surface area contributed by atoms with Gasteiger partial charge in [-0.2, -0.15) is 9.78 Å². The molecule has 0 aromatic rings. The molecule has 2 saturated carbocycles. The first kappa shape index (κ1) is 12.2. The standard InChI is InChI=1S/C9H15O6P/c1-7(13-10)6-16(8(14-11)2-3-8)9(15-12)4-5-9/h10-12H,1-6H2/p+1. The zero-order valence-electron chi connectivity index (χ0n) is 8.81. The highest BCUT2D eigenvalue weighted by atomic mass is 31.1. The van der Waals surface area contributed by atoms with Gasteiger partial charge in [-0.1, -0.05) is 6.58 Å². The lowest BCUT2D eigenvalue weighted by atomic mass is 10.7. The lowest BCUT2D eigenvalue weighted by molar-refractivity contribution is -0.279. The Balaban J connectivity index is 2.11. The van der Waals surface area contributed by atoms with Gasteiger partial charge in [-0.05, 0) is 0 Å². The van der Waals surface area contributed by atoms with Crippen LogP contribution < -0.4 is 0 Å². The highest BCUT2D eigenvalue weighted by molar-refractivity contribution is 7.61. The third kappa shape index (κ3) is 1.97. The maximum atomic E-state index is 8.95. The number of rotatable bonds is 7. The summed E-state index contributed by atoms with van der Waals surface area (Å²) in [4.78, 5) is 13.2. The summed E-state index contributed by atoms with van der Waals surface area (Å²) in [5.41, 5.74) is 0. The molecule has 0 radical (unpaired) electrons. The van der Waals surface area contributed by atoms with Gasteiger partial charge >= 0.3 is 0 Å². The average Bonchev–Trinajstić information content (AvgIpc) is 3.19. The van der Waals surface area contributed by atoms with E-state index in [0.717, 1.165) is 25.7 Å². The molecule has 0 aromatic heterocycles. The van der Waals surface area contributed by atoms with E-state index >= 15 is 0 Å². The average molecular weight is 251 g/mol. The van der Waals surface area contributed by atoms with E-state index < -0.39 is 18.6 Å². The smallest absolute Gasteiger partial charge is 0.209 e. The minimum atomic E-state index is -1.42. The Hall–Kier alpha value is -0.230. The number of hydrogen-bond acceptors (Lipinski definition) is 6. The second-order valence-electron chi connectivity index (χ2n) is 4.46. The maximum absolute atomic E-state index is 8.95. The van der Waals surface area contributed by atoms with Gasteiger partial charge in [0, 0.05) is 25.7 Å². The Morgan fingerprint density at radius 2 is 1.50 bits per heavy atom. The van der Waals surface area contributed by atoms with Gasteiger partial charge in [0.15, 0.2) is 5.76 Å². The van der Waals surface area contributed by atoms with Crippen LogP contribution >= 0.6 is 7.92 Å². The first-order valence-corrected chi connectivity index (χ1v) is 6.84. The van der Waals surface area contributed by atoms with E-state index in [2.05, 4.69) is 21.2 Å². The molecular weight excluding hydrogens is 235 g/mol. The second-order valence-corrected chi connectivity index (χ2v) is 7.59. The van der Waals surface area contributed by atoms with Crippen molar-refractivity contribution in [3.05, 3.63) is 12.3 Å². The Labute approximate surface area is 94.0 Å². The van der Waals surface area contributed by atoms with Gasteiger partial charge in [-0.25, -0.2) is 15.8 Å². The fourth-order valence-electron chi connectivity index (χ4n) is 2.09.